The Labute approximate surface area is 140 Å². The van der Waals surface area contributed by atoms with Crippen molar-refractivity contribution in [2.45, 2.75) is 0 Å². The van der Waals surface area contributed by atoms with Crippen LogP contribution in [-0.2, 0) is 20.2 Å². The average Bonchev–Trinajstić information content (AvgIpc) is 1.94. The minimum absolute atomic E-state index is 0. The zero-order valence-corrected chi connectivity index (χ0v) is 15.3. The van der Waals surface area contributed by atoms with Gasteiger partial charge in [-0.3, -0.25) is 9.11 Å². The van der Waals surface area contributed by atoms with Crippen molar-refractivity contribution in [1.82, 2.24) is 4.90 Å². The molecule has 16 heavy (non-hydrogen) atoms. The van der Waals surface area contributed by atoms with Crippen molar-refractivity contribution in [3.05, 3.63) is 0 Å². The van der Waals surface area contributed by atoms with Crippen LogP contribution in [0.4, 0.5) is 0 Å². The molecule has 0 unspecified atom stereocenters. The van der Waals surface area contributed by atoms with E-state index in [-0.39, 0.29) is 72.2 Å². The van der Waals surface area contributed by atoms with Gasteiger partial charge in [-0.05, 0) is 7.05 Å². The number of nitrogens with zero attached hydrogens (tertiary/aromatic N) is 1. The van der Waals surface area contributed by atoms with E-state index in [1.807, 2.05) is 0 Å². The molecule has 0 aliphatic rings. The van der Waals surface area contributed by atoms with Gasteiger partial charge in [0.1, 0.15) is 0 Å². The Hall–Kier alpha value is 1.78. The summed E-state index contributed by atoms with van der Waals surface area (Å²) in [7, 11) is -6.57. The molecular formula is C5H13NNa2O6S2. The molecule has 0 spiro atoms. The van der Waals surface area contributed by atoms with Crippen molar-refractivity contribution in [1.29, 1.82) is 0 Å². The first-order chi connectivity index (χ1) is 6.10. The fourth-order valence-electron chi connectivity index (χ4n) is 0.654. The smallest absolute Gasteiger partial charge is 0.266 e. The molecule has 0 bridgehead atoms. The second-order valence-electron chi connectivity index (χ2n) is 2.88. The maximum absolute atomic E-state index is 10.3. The van der Waals surface area contributed by atoms with Gasteiger partial charge in [-0.2, -0.15) is 16.8 Å². The van der Waals surface area contributed by atoms with Crippen LogP contribution in [0.25, 0.3) is 0 Å². The van der Waals surface area contributed by atoms with E-state index in [1.165, 1.54) is 11.9 Å². The van der Waals surface area contributed by atoms with Gasteiger partial charge >= 0.3 is 0 Å². The zero-order chi connectivity index (χ0) is 11.4. The Morgan fingerprint density at radius 3 is 1.31 bits per heavy atom. The van der Waals surface area contributed by atoms with Gasteiger partial charge in [-0.1, -0.05) is 0 Å². The molecule has 0 heterocycles. The second-order valence-corrected chi connectivity index (χ2v) is 6.02. The summed E-state index contributed by atoms with van der Waals surface area (Å²) < 4.78 is 57.9. The SMILES string of the molecule is CN(CCS(=O)(=O)O)CCS(=O)(=O)O.[Na].[Na]. The van der Waals surface area contributed by atoms with E-state index in [1.54, 1.807) is 0 Å². The van der Waals surface area contributed by atoms with Crippen LogP contribution in [0.2, 0.25) is 0 Å². The monoisotopic (exact) mass is 293 g/mol. The van der Waals surface area contributed by atoms with Gasteiger partial charge in [0.2, 0.25) is 0 Å². The molecule has 0 aromatic carbocycles. The molecule has 0 aliphatic carbocycles. The second kappa shape index (κ2) is 9.68. The van der Waals surface area contributed by atoms with Gasteiger partial charge in [0.25, 0.3) is 20.2 Å². The molecule has 0 aromatic rings. The minimum Gasteiger partial charge on any atom is -0.304 e. The summed E-state index contributed by atoms with van der Waals surface area (Å²) in [4.78, 5) is 1.38. The number of hydrogen-bond acceptors (Lipinski definition) is 5. The summed E-state index contributed by atoms with van der Waals surface area (Å²) in [6.07, 6.45) is 0. The first-order valence-electron chi connectivity index (χ1n) is 3.69. The fraction of sp³-hybridized carbons (Fsp3) is 1.00. The molecule has 0 saturated heterocycles. The third kappa shape index (κ3) is 18.2. The van der Waals surface area contributed by atoms with Crippen LogP contribution in [0.1, 0.15) is 0 Å². The number of rotatable bonds is 6. The molecular weight excluding hydrogens is 280 g/mol. The normalized spacial score (nSPS) is 11.8. The van der Waals surface area contributed by atoms with E-state index in [0.29, 0.717) is 0 Å². The Morgan fingerprint density at radius 2 is 1.12 bits per heavy atom. The van der Waals surface area contributed by atoms with E-state index in [0.717, 1.165) is 0 Å². The third-order valence-electron chi connectivity index (χ3n) is 1.46. The molecule has 0 aromatic heterocycles. The Balaban J connectivity index is -0.000000845. The molecule has 2 radical (unpaired) electrons. The van der Waals surface area contributed by atoms with Crippen molar-refractivity contribution in [3.63, 3.8) is 0 Å². The van der Waals surface area contributed by atoms with Crippen LogP contribution in [0.3, 0.4) is 0 Å². The predicted octanol–water partition coefficient (Wildman–Crippen LogP) is -2.07. The first kappa shape index (κ1) is 22.9. The molecule has 0 aliphatic heterocycles. The van der Waals surface area contributed by atoms with Crippen molar-refractivity contribution in [2.24, 2.45) is 0 Å². The average molecular weight is 293 g/mol. The van der Waals surface area contributed by atoms with Crippen molar-refractivity contribution in [2.75, 3.05) is 31.6 Å². The van der Waals surface area contributed by atoms with Gasteiger partial charge < -0.3 is 4.90 Å². The summed E-state index contributed by atoms with van der Waals surface area (Å²) in [5, 5.41) is 0. The molecule has 88 valence electrons. The minimum atomic E-state index is -4.03. The standard InChI is InChI=1S/C5H13NO6S2.2Na/c1-6(2-4-13(7,8)9)3-5-14(10,11)12;;/h2-5H2,1H3,(H,7,8,9)(H,10,11,12);;. The van der Waals surface area contributed by atoms with E-state index in [4.69, 9.17) is 9.11 Å². The maximum atomic E-state index is 10.3. The molecule has 7 nitrogen and oxygen atoms in total. The Morgan fingerprint density at radius 1 is 0.875 bits per heavy atom. The van der Waals surface area contributed by atoms with E-state index < -0.39 is 31.7 Å². The summed E-state index contributed by atoms with van der Waals surface area (Å²) in [6, 6.07) is 0. The van der Waals surface area contributed by atoms with Gasteiger partial charge in [-0.15, -0.1) is 0 Å². The number of hydrogen-bond donors (Lipinski definition) is 2. The maximum Gasteiger partial charge on any atom is 0.266 e. The van der Waals surface area contributed by atoms with Crippen LogP contribution in [0.15, 0.2) is 0 Å². The van der Waals surface area contributed by atoms with Crippen LogP contribution in [-0.4, -0.2) is 122 Å². The molecule has 0 atom stereocenters. The first-order valence-corrected chi connectivity index (χ1v) is 6.91. The molecule has 0 fully saturated rings. The van der Waals surface area contributed by atoms with Crippen molar-refractivity contribution in [3.8, 4) is 0 Å². The third-order valence-corrected chi connectivity index (χ3v) is 2.86. The predicted molar refractivity (Wildman–Crippen MR) is 61.8 cm³/mol. The van der Waals surface area contributed by atoms with Crippen LogP contribution in [0, 0.1) is 0 Å². The van der Waals surface area contributed by atoms with E-state index in [9.17, 15) is 16.8 Å². The van der Waals surface area contributed by atoms with Crippen LogP contribution >= 0.6 is 0 Å². The van der Waals surface area contributed by atoms with Gasteiger partial charge in [0.15, 0.2) is 0 Å². The molecule has 0 rings (SSSR count). The van der Waals surface area contributed by atoms with Gasteiger partial charge in [-0.25, -0.2) is 0 Å². The van der Waals surface area contributed by atoms with E-state index in [2.05, 4.69) is 0 Å². The molecule has 2 N–H and O–H groups in total. The Kier molecular flexibility index (Phi) is 13.9. The van der Waals surface area contributed by atoms with Crippen LogP contribution < -0.4 is 0 Å². The topological polar surface area (TPSA) is 112 Å². The fourth-order valence-corrected chi connectivity index (χ4v) is 1.74. The molecule has 0 saturated carbocycles. The van der Waals surface area contributed by atoms with Crippen molar-refractivity contribution < 1.29 is 25.9 Å². The van der Waals surface area contributed by atoms with Crippen molar-refractivity contribution >= 4 is 79.4 Å². The quantitative estimate of drug-likeness (QED) is 0.427. The summed E-state index contributed by atoms with van der Waals surface area (Å²) in [6.45, 7) is 0.0166. The summed E-state index contributed by atoms with van der Waals surface area (Å²) >= 11 is 0. The van der Waals surface area contributed by atoms with Gasteiger partial charge in [0, 0.05) is 72.2 Å². The zero-order valence-electron chi connectivity index (χ0n) is 9.62. The summed E-state index contributed by atoms with van der Waals surface area (Å²) in [5.74, 6) is -0.927. The largest absolute Gasteiger partial charge is 0.304 e. The molecule has 11 heteroatoms. The van der Waals surface area contributed by atoms with E-state index >= 15 is 0 Å². The van der Waals surface area contributed by atoms with Gasteiger partial charge in [0.05, 0.1) is 11.5 Å². The van der Waals surface area contributed by atoms with Crippen LogP contribution in [0.5, 0.6) is 0 Å². The summed E-state index contributed by atoms with van der Waals surface area (Å²) in [5.41, 5.74) is 0. The Bertz CT molecular complexity index is 330. The molecule has 0 amide bonds.